The van der Waals surface area contributed by atoms with Crippen molar-refractivity contribution in [3.05, 3.63) is 92.6 Å². The predicted octanol–water partition coefficient (Wildman–Crippen LogP) is 5.72. The molecular formula is C20H14Br2O3. The molecule has 0 N–H and O–H groups in total. The van der Waals surface area contributed by atoms with Gasteiger partial charge in [0.05, 0.1) is 13.2 Å². The first-order valence-electron chi connectivity index (χ1n) is 7.48. The lowest BCUT2D eigenvalue weighted by Crippen LogP contribution is -2.03. The van der Waals surface area contributed by atoms with Gasteiger partial charge < -0.3 is 9.47 Å². The Hall–Kier alpha value is -2.11. The maximum atomic E-state index is 11.6. The minimum Gasteiger partial charge on any atom is -0.466 e. The van der Waals surface area contributed by atoms with Crippen LogP contribution in [-0.4, -0.2) is 13.1 Å². The number of esters is 1. The second-order valence-corrected chi connectivity index (χ2v) is 7.13. The molecule has 3 rings (SSSR count). The van der Waals surface area contributed by atoms with Gasteiger partial charge >= 0.3 is 5.97 Å². The Labute approximate surface area is 162 Å². The van der Waals surface area contributed by atoms with Crippen LogP contribution in [0.25, 0.3) is 11.3 Å². The maximum Gasteiger partial charge on any atom is 0.334 e. The summed E-state index contributed by atoms with van der Waals surface area (Å²) in [6, 6.07) is 15.8. The first-order valence-corrected chi connectivity index (χ1v) is 9.06. The number of carbonyl (C=O) groups is 1. The Morgan fingerprint density at radius 1 is 0.920 bits per heavy atom. The molecule has 0 spiro atoms. The fraction of sp³-hybridized carbons (Fsp3) is 0.0500. The van der Waals surface area contributed by atoms with E-state index < -0.39 is 5.97 Å². The number of hydrogen-bond acceptors (Lipinski definition) is 3. The molecule has 1 aliphatic heterocycles. The smallest absolute Gasteiger partial charge is 0.334 e. The first kappa shape index (κ1) is 17.7. The topological polar surface area (TPSA) is 35.5 Å². The Bertz CT molecular complexity index is 876. The maximum absolute atomic E-state index is 11.6. The van der Waals surface area contributed by atoms with Gasteiger partial charge in [-0.1, -0.05) is 56.1 Å². The highest BCUT2D eigenvalue weighted by molar-refractivity contribution is 9.10. The van der Waals surface area contributed by atoms with Gasteiger partial charge in [-0.05, 0) is 47.6 Å². The summed E-state index contributed by atoms with van der Waals surface area (Å²) in [7, 11) is 1.34. The number of carbonyl (C=O) groups excluding carboxylic acids is 1. The van der Waals surface area contributed by atoms with E-state index in [2.05, 4.69) is 31.9 Å². The van der Waals surface area contributed by atoms with E-state index in [4.69, 9.17) is 9.47 Å². The van der Waals surface area contributed by atoms with Crippen molar-refractivity contribution in [2.24, 2.45) is 0 Å². The van der Waals surface area contributed by atoms with Gasteiger partial charge in [0.1, 0.15) is 11.5 Å². The highest BCUT2D eigenvalue weighted by atomic mass is 79.9. The molecule has 0 aliphatic carbocycles. The fourth-order valence-corrected chi connectivity index (χ4v) is 2.86. The minimum absolute atomic E-state index is 0.435. The third-order valence-electron chi connectivity index (χ3n) is 3.58. The number of hydrogen-bond donors (Lipinski definition) is 0. The van der Waals surface area contributed by atoms with Gasteiger partial charge in [-0.25, -0.2) is 4.79 Å². The van der Waals surface area contributed by atoms with E-state index in [1.165, 1.54) is 13.2 Å². The quantitative estimate of drug-likeness (QED) is 0.433. The molecule has 2 aromatic rings. The number of benzene rings is 2. The lowest BCUT2D eigenvalue weighted by Gasteiger charge is -2.18. The van der Waals surface area contributed by atoms with Gasteiger partial charge in [-0.3, -0.25) is 0 Å². The van der Waals surface area contributed by atoms with Crippen LogP contribution in [0.5, 0.6) is 0 Å². The fourth-order valence-electron chi connectivity index (χ4n) is 2.33. The normalized spacial score (nSPS) is 15.2. The summed E-state index contributed by atoms with van der Waals surface area (Å²) < 4.78 is 12.6. The zero-order valence-electron chi connectivity index (χ0n) is 13.3. The van der Waals surface area contributed by atoms with E-state index in [1.807, 2.05) is 60.7 Å². The number of rotatable bonds is 3. The summed E-state index contributed by atoms with van der Waals surface area (Å²) in [5.74, 6) is 0.645. The molecule has 0 aromatic heterocycles. The molecule has 0 saturated heterocycles. The van der Waals surface area contributed by atoms with Crippen molar-refractivity contribution in [3.8, 4) is 0 Å². The second-order valence-electron chi connectivity index (χ2n) is 5.29. The predicted molar refractivity (Wildman–Crippen MR) is 105 cm³/mol. The van der Waals surface area contributed by atoms with Gasteiger partial charge in [0.15, 0.2) is 0 Å². The van der Waals surface area contributed by atoms with Crippen LogP contribution in [0.3, 0.4) is 0 Å². The van der Waals surface area contributed by atoms with Gasteiger partial charge in [-0.15, -0.1) is 0 Å². The highest BCUT2D eigenvalue weighted by Gasteiger charge is 2.15. The first-order chi connectivity index (χ1) is 12.0. The largest absolute Gasteiger partial charge is 0.466 e. The number of halogens is 2. The molecule has 1 heterocycles. The lowest BCUT2D eigenvalue weighted by atomic mass is 10.0. The van der Waals surface area contributed by atoms with Crippen molar-refractivity contribution in [3.63, 3.8) is 0 Å². The van der Waals surface area contributed by atoms with Crippen LogP contribution in [0.1, 0.15) is 11.1 Å². The van der Waals surface area contributed by atoms with Crippen molar-refractivity contribution in [1.29, 1.82) is 0 Å². The molecule has 0 fully saturated rings. The summed E-state index contributed by atoms with van der Waals surface area (Å²) in [4.78, 5) is 11.6. The van der Waals surface area contributed by atoms with E-state index in [-0.39, 0.29) is 0 Å². The zero-order chi connectivity index (χ0) is 17.8. The van der Waals surface area contributed by atoms with Gasteiger partial charge in [0.25, 0.3) is 0 Å². The van der Waals surface area contributed by atoms with E-state index in [0.29, 0.717) is 11.5 Å². The molecule has 0 amide bonds. The van der Waals surface area contributed by atoms with E-state index in [0.717, 1.165) is 25.6 Å². The van der Waals surface area contributed by atoms with Crippen LogP contribution in [0, 0.1) is 0 Å². The molecule has 5 heteroatoms. The second kappa shape index (κ2) is 7.85. The van der Waals surface area contributed by atoms with E-state index in [1.54, 1.807) is 0 Å². The monoisotopic (exact) mass is 460 g/mol. The van der Waals surface area contributed by atoms with Crippen molar-refractivity contribution in [2.75, 3.05) is 7.11 Å². The van der Waals surface area contributed by atoms with Gasteiger partial charge in [0, 0.05) is 14.5 Å². The van der Waals surface area contributed by atoms with Crippen LogP contribution in [0.15, 0.2) is 81.5 Å². The Morgan fingerprint density at radius 3 is 2.04 bits per heavy atom. The molecule has 1 aliphatic rings. The summed E-state index contributed by atoms with van der Waals surface area (Å²) in [6.07, 6.45) is 5.12. The average molecular weight is 462 g/mol. The van der Waals surface area contributed by atoms with Crippen molar-refractivity contribution in [2.45, 2.75) is 0 Å². The van der Waals surface area contributed by atoms with Gasteiger partial charge in [-0.2, -0.15) is 0 Å². The SMILES string of the molecule is COC(=O)/C=C1\C=C(c2ccc(Br)cc2)C=C(c2ccc(Br)cc2)O1. The molecular weight excluding hydrogens is 448 g/mol. The van der Waals surface area contributed by atoms with E-state index in [9.17, 15) is 4.79 Å². The lowest BCUT2D eigenvalue weighted by molar-refractivity contribution is -0.135. The third-order valence-corrected chi connectivity index (χ3v) is 4.64. The average Bonchev–Trinajstić information content (AvgIpc) is 2.62. The zero-order valence-corrected chi connectivity index (χ0v) is 16.5. The Morgan fingerprint density at radius 2 is 1.48 bits per heavy atom. The van der Waals surface area contributed by atoms with Crippen LogP contribution >= 0.6 is 31.9 Å². The number of allylic oxidation sites excluding steroid dienone is 3. The highest BCUT2D eigenvalue weighted by Crippen LogP contribution is 2.32. The molecule has 25 heavy (non-hydrogen) atoms. The Balaban J connectivity index is 2.04. The van der Waals surface area contributed by atoms with E-state index >= 15 is 0 Å². The van der Waals surface area contributed by atoms with Crippen molar-refractivity contribution < 1.29 is 14.3 Å². The summed E-state index contributed by atoms with van der Waals surface area (Å²) in [6.45, 7) is 0. The van der Waals surface area contributed by atoms with Crippen LogP contribution in [-0.2, 0) is 14.3 Å². The summed E-state index contributed by atoms with van der Waals surface area (Å²) >= 11 is 6.87. The molecule has 0 bridgehead atoms. The number of ether oxygens (including phenoxy) is 2. The number of methoxy groups -OCH3 is 1. The van der Waals surface area contributed by atoms with Crippen LogP contribution < -0.4 is 0 Å². The standard InChI is InChI=1S/C20H14Br2O3/c1-24-20(23)12-18-10-15(13-2-6-16(21)7-3-13)11-19(25-18)14-4-8-17(22)9-5-14/h2-12H,1H3/b18-12+. The molecule has 0 saturated carbocycles. The van der Waals surface area contributed by atoms with Gasteiger partial charge in [0.2, 0.25) is 0 Å². The molecule has 2 aromatic carbocycles. The molecule has 0 radical (unpaired) electrons. The van der Waals surface area contributed by atoms with Crippen molar-refractivity contribution in [1.82, 2.24) is 0 Å². The molecule has 0 atom stereocenters. The summed E-state index contributed by atoms with van der Waals surface area (Å²) in [5.41, 5.74) is 2.89. The third kappa shape index (κ3) is 4.50. The van der Waals surface area contributed by atoms with Crippen molar-refractivity contribution >= 4 is 49.2 Å². The molecule has 126 valence electrons. The molecule has 3 nitrogen and oxygen atoms in total. The van der Waals surface area contributed by atoms with Crippen LogP contribution in [0.2, 0.25) is 0 Å². The Kier molecular flexibility index (Phi) is 5.56. The summed E-state index contributed by atoms with van der Waals surface area (Å²) in [5, 5.41) is 0. The molecule has 0 unspecified atom stereocenters. The van der Waals surface area contributed by atoms with Crippen LogP contribution in [0.4, 0.5) is 0 Å². The minimum atomic E-state index is -0.460.